The number of hydrogen-bond donors (Lipinski definition) is 2. The molecule has 0 saturated heterocycles. The van der Waals surface area contributed by atoms with E-state index in [0.717, 1.165) is 5.69 Å². The van der Waals surface area contributed by atoms with Crippen LogP contribution in [0, 0.1) is 6.92 Å². The van der Waals surface area contributed by atoms with E-state index in [1.165, 1.54) is 12.3 Å². The lowest BCUT2D eigenvalue weighted by atomic mass is 10.2. The first-order valence-electron chi connectivity index (χ1n) is 6.08. The molecule has 0 fully saturated rings. The Bertz CT molecular complexity index is 466. The molecule has 5 nitrogen and oxygen atoms in total. The van der Waals surface area contributed by atoms with Gasteiger partial charge < -0.3 is 15.0 Å². The lowest BCUT2D eigenvalue weighted by molar-refractivity contribution is 0.0691. The summed E-state index contributed by atoms with van der Waals surface area (Å²) < 4.78 is 0. The van der Waals surface area contributed by atoms with E-state index in [1.807, 2.05) is 13.8 Å². The standard InChI is InChI=1S/C13H20N2O3/c1-9(2)15(5-4-6-16)13(18)11-8-14-10(3)7-12(11)17/h7-9,16H,4-6H2,1-3H3,(H,14,17). The number of amides is 1. The molecule has 0 aliphatic carbocycles. The first-order chi connectivity index (χ1) is 8.47. The molecule has 2 N–H and O–H groups in total. The number of H-pyrrole nitrogens is 1. The normalized spacial score (nSPS) is 10.7. The Morgan fingerprint density at radius 3 is 2.67 bits per heavy atom. The number of rotatable bonds is 5. The fourth-order valence-corrected chi connectivity index (χ4v) is 1.73. The number of aliphatic hydroxyl groups is 1. The van der Waals surface area contributed by atoms with Gasteiger partial charge in [0.15, 0.2) is 5.43 Å². The zero-order valence-corrected chi connectivity index (χ0v) is 11.1. The number of aryl methyl sites for hydroxylation is 1. The van der Waals surface area contributed by atoms with Crippen LogP contribution in [-0.4, -0.2) is 40.1 Å². The number of nitrogens with one attached hydrogen (secondary N) is 1. The molecule has 0 bridgehead atoms. The van der Waals surface area contributed by atoms with Crippen LogP contribution in [0.4, 0.5) is 0 Å². The number of hydrogen-bond acceptors (Lipinski definition) is 3. The summed E-state index contributed by atoms with van der Waals surface area (Å²) >= 11 is 0. The van der Waals surface area contributed by atoms with E-state index in [4.69, 9.17) is 5.11 Å². The molecule has 5 heteroatoms. The zero-order chi connectivity index (χ0) is 13.7. The number of nitrogens with zero attached hydrogens (tertiary/aromatic N) is 1. The monoisotopic (exact) mass is 252 g/mol. The highest BCUT2D eigenvalue weighted by molar-refractivity contribution is 5.94. The summed E-state index contributed by atoms with van der Waals surface area (Å²) in [6, 6.07) is 1.40. The van der Waals surface area contributed by atoms with Gasteiger partial charge in [-0.3, -0.25) is 9.59 Å². The van der Waals surface area contributed by atoms with Crippen LogP contribution in [0.15, 0.2) is 17.1 Å². The maximum absolute atomic E-state index is 12.2. The quantitative estimate of drug-likeness (QED) is 0.818. The van der Waals surface area contributed by atoms with Crippen LogP contribution in [0.2, 0.25) is 0 Å². The Balaban J connectivity index is 2.98. The number of aromatic nitrogens is 1. The van der Waals surface area contributed by atoms with Crippen molar-refractivity contribution in [2.45, 2.75) is 33.2 Å². The maximum atomic E-state index is 12.2. The van der Waals surface area contributed by atoms with Crippen molar-refractivity contribution in [1.29, 1.82) is 0 Å². The van der Waals surface area contributed by atoms with E-state index >= 15 is 0 Å². The fourth-order valence-electron chi connectivity index (χ4n) is 1.73. The number of carbonyl (C=O) groups excluding carboxylic acids is 1. The first kappa shape index (κ1) is 14.4. The second-order valence-corrected chi connectivity index (χ2v) is 4.56. The topological polar surface area (TPSA) is 73.4 Å². The molecule has 1 amide bonds. The highest BCUT2D eigenvalue weighted by Crippen LogP contribution is 2.06. The van der Waals surface area contributed by atoms with Crippen LogP contribution < -0.4 is 5.43 Å². The highest BCUT2D eigenvalue weighted by Gasteiger charge is 2.20. The molecule has 1 heterocycles. The minimum absolute atomic E-state index is 0.00949. The molecule has 1 aromatic rings. The second-order valence-electron chi connectivity index (χ2n) is 4.56. The molecule has 18 heavy (non-hydrogen) atoms. The second kappa shape index (κ2) is 6.35. The smallest absolute Gasteiger partial charge is 0.259 e. The van der Waals surface area contributed by atoms with Crippen molar-refractivity contribution in [2.75, 3.05) is 13.2 Å². The molecule has 100 valence electrons. The molecule has 0 atom stereocenters. The minimum Gasteiger partial charge on any atom is -0.396 e. The molecular weight excluding hydrogens is 232 g/mol. The van der Waals surface area contributed by atoms with Gasteiger partial charge in [-0.05, 0) is 27.2 Å². The predicted molar refractivity (Wildman–Crippen MR) is 69.7 cm³/mol. The van der Waals surface area contributed by atoms with Crippen LogP contribution in [0.25, 0.3) is 0 Å². The molecule has 0 aromatic carbocycles. The molecular formula is C13H20N2O3. The third kappa shape index (κ3) is 3.43. The van der Waals surface area contributed by atoms with Crippen molar-refractivity contribution in [3.05, 3.63) is 33.7 Å². The summed E-state index contributed by atoms with van der Waals surface area (Å²) in [7, 11) is 0. The average Bonchev–Trinajstić information content (AvgIpc) is 2.28. The molecule has 0 aliphatic rings. The molecule has 1 aromatic heterocycles. The van der Waals surface area contributed by atoms with Gasteiger partial charge in [0.25, 0.3) is 5.91 Å². The fraction of sp³-hybridized carbons (Fsp3) is 0.538. The Kier molecular flexibility index (Phi) is 5.09. The van der Waals surface area contributed by atoms with Crippen molar-refractivity contribution in [2.24, 2.45) is 0 Å². The van der Waals surface area contributed by atoms with Gasteiger partial charge in [-0.25, -0.2) is 0 Å². The average molecular weight is 252 g/mol. The number of carbonyl (C=O) groups is 1. The van der Waals surface area contributed by atoms with Crippen molar-refractivity contribution in [3.8, 4) is 0 Å². The Morgan fingerprint density at radius 1 is 1.50 bits per heavy atom. The van der Waals surface area contributed by atoms with Crippen LogP contribution >= 0.6 is 0 Å². The molecule has 0 radical (unpaired) electrons. The van der Waals surface area contributed by atoms with Gasteiger partial charge in [0.2, 0.25) is 0 Å². The number of pyridine rings is 1. The van der Waals surface area contributed by atoms with Crippen LogP contribution in [0.5, 0.6) is 0 Å². The summed E-state index contributed by atoms with van der Waals surface area (Å²) in [6.45, 7) is 6.01. The highest BCUT2D eigenvalue weighted by atomic mass is 16.3. The summed E-state index contributed by atoms with van der Waals surface area (Å²) in [5, 5.41) is 8.83. The molecule has 1 rings (SSSR count). The van der Waals surface area contributed by atoms with E-state index in [1.54, 1.807) is 11.8 Å². The largest absolute Gasteiger partial charge is 0.396 e. The van der Waals surface area contributed by atoms with Gasteiger partial charge in [0.1, 0.15) is 5.56 Å². The van der Waals surface area contributed by atoms with Gasteiger partial charge in [0, 0.05) is 37.2 Å². The lowest BCUT2D eigenvalue weighted by Crippen LogP contribution is -2.40. The summed E-state index contributed by atoms with van der Waals surface area (Å²) in [6.07, 6.45) is 1.96. The van der Waals surface area contributed by atoms with Gasteiger partial charge in [-0.1, -0.05) is 0 Å². The van der Waals surface area contributed by atoms with E-state index in [0.29, 0.717) is 13.0 Å². The van der Waals surface area contributed by atoms with Crippen molar-refractivity contribution in [3.63, 3.8) is 0 Å². The Hall–Kier alpha value is -1.62. The van der Waals surface area contributed by atoms with Crippen molar-refractivity contribution < 1.29 is 9.90 Å². The van der Waals surface area contributed by atoms with E-state index in [2.05, 4.69) is 4.98 Å². The summed E-state index contributed by atoms with van der Waals surface area (Å²) in [5.74, 6) is -0.292. The van der Waals surface area contributed by atoms with Crippen LogP contribution in [0.3, 0.4) is 0 Å². The summed E-state index contributed by atoms with van der Waals surface area (Å²) in [5.41, 5.74) is 0.598. The number of aliphatic hydroxyl groups excluding tert-OH is 1. The van der Waals surface area contributed by atoms with Crippen molar-refractivity contribution >= 4 is 5.91 Å². The third-order valence-corrected chi connectivity index (χ3v) is 2.73. The van der Waals surface area contributed by atoms with Crippen LogP contribution in [-0.2, 0) is 0 Å². The first-order valence-corrected chi connectivity index (χ1v) is 6.08. The van der Waals surface area contributed by atoms with Gasteiger partial charge in [-0.2, -0.15) is 0 Å². The molecule has 0 spiro atoms. The molecule has 0 saturated carbocycles. The van der Waals surface area contributed by atoms with Crippen molar-refractivity contribution in [1.82, 2.24) is 9.88 Å². The van der Waals surface area contributed by atoms with Gasteiger partial charge >= 0.3 is 0 Å². The minimum atomic E-state index is -0.292. The van der Waals surface area contributed by atoms with Gasteiger partial charge in [0.05, 0.1) is 0 Å². The zero-order valence-electron chi connectivity index (χ0n) is 11.1. The SMILES string of the molecule is Cc1cc(=O)c(C(=O)N(CCCO)C(C)C)c[nH]1. The van der Waals surface area contributed by atoms with Crippen LogP contribution in [0.1, 0.15) is 36.3 Å². The molecule has 0 aliphatic heterocycles. The predicted octanol–water partition coefficient (Wildman–Crippen LogP) is 0.916. The third-order valence-electron chi connectivity index (χ3n) is 2.73. The van der Waals surface area contributed by atoms with E-state index < -0.39 is 0 Å². The van der Waals surface area contributed by atoms with E-state index in [-0.39, 0.29) is 29.5 Å². The molecule has 0 unspecified atom stereocenters. The Morgan fingerprint density at radius 2 is 2.17 bits per heavy atom. The van der Waals surface area contributed by atoms with Gasteiger partial charge in [-0.15, -0.1) is 0 Å². The number of aromatic amines is 1. The van der Waals surface area contributed by atoms with E-state index in [9.17, 15) is 9.59 Å². The summed E-state index contributed by atoms with van der Waals surface area (Å²) in [4.78, 5) is 28.5. The lowest BCUT2D eigenvalue weighted by Gasteiger charge is -2.26. The maximum Gasteiger partial charge on any atom is 0.259 e. The Labute approximate surface area is 106 Å².